The number of halogens is 1. The van der Waals surface area contributed by atoms with E-state index >= 15 is 0 Å². The Hall–Kier alpha value is -2.78. The molecule has 3 aromatic carbocycles. The highest BCUT2D eigenvalue weighted by Gasteiger charge is 2.52. The molecule has 0 unspecified atom stereocenters. The third kappa shape index (κ3) is 5.80. The Morgan fingerprint density at radius 1 is 0.951 bits per heavy atom. The number of carbonyl (C=O) groups is 1. The van der Waals surface area contributed by atoms with Crippen LogP contribution < -0.4 is 0 Å². The number of benzene rings is 3. The van der Waals surface area contributed by atoms with Crippen LogP contribution >= 0.6 is 15.9 Å². The van der Waals surface area contributed by atoms with Crippen molar-refractivity contribution in [3.8, 4) is 0 Å². The maximum Gasteiger partial charge on any atom is 0.338 e. The van der Waals surface area contributed by atoms with E-state index in [0.29, 0.717) is 41.3 Å². The second-order valence-electron chi connectivity index (χ2n) is 11.0. The first-order valence-electron chi connectivity index (χ1n) is 14.2. The molecule has 0 N–H and O–H groups in total. The van der Waals surface area contributed by atoms with Crippen molar-refractivity contribution < 1.29 is 27.4 Å². The van der Waals surface area contributed by atoms with E-state index in [9.17, 15) is 13.2 Å². The smallest absolute Gasteiger partial charge is 0.338 e. The Labute approximate surface area is 249 Å². The van der Waals surface area contributed by atoms with Gasteiger partial charge in [-0.25, -0.2) is 13.2 Å². The molecule has 214 valence electrons. The normalized spacial score (nSPS) is 24.0. The van der Waals surface area contributed by atoms with Crippen molar-refractivity contribution >= 4 is 37.3 Å². The molecule has 0 bridgehead atoms. The topological polar surface area (TPSA) is 78.9 Å². The summed E-state index contributed by atoms with van der Waals surface area (Å²) in [7, 11) is -3.38. The van der Waals surface area contributed by atoms with Crippen molar-refractivity contribution in [1.82, 2.24) is 0 Å². The van der Waals surface area contributed by atoms with Gasteiger partial charge in [0.1, 0.15) is 12.2 Å². The Bertz CT molecular complexity index is 1500. The average Bonchev–Trinajstić information content (AvgIpc) is 3.69. The van der Waals surface area contributed by atoms with Crippen LogP contribution in [0.2, 0.25) is 0 Å². The van der Waals surface area contributed by atoms with Crippen molar-refractivity contribution in [3.63, 3.8) is 0 Å². The molecule has 0 amide bonds. The highest BCUT2D eigenvalue weighted by Crippen LogP contribution is 2.54. The first-order valence-corrected chi connectivity index (χ1v) is 16.5. The number of rotatable bonds is 8. The fourth-order valence-electron chi connectivity index (χ4n) is 5.93. The van der Waals surface area contributed by atoms with Crippen molar-refractivity contribution in [2.24, 2.45) is 5.92 Å². The van der Waals surface area contributed by atoms with Crippen LogP contribution in [0.25, 0.3) is 5.57 Å². The minimum absolute atomic E-state index is 0.00833. The minimum Gasteiger partial charge on any atom is -0.462 e. The average molecular weight is 638 g/mol. The molecule has 3 atom stereocenters. The number of sulfone groups is 1. The molecule has 3 aliphatic rings. The van der Waals surface area contributed by atoms with E-state index in [0.717, 1.165) is 17.5 Å². The summed E-state index contributed by atoms with van der Waals surface area (Å²) < 4.78 is 45.1. The van der Waals surface area contributed by atoms with Gasteiger partial charge in [0, 0.05) is 17.3 Å². The minimum atomic E-state index is -3.38. The van der Waals surface area contributed by atoms with Crippen molar-refractivity contribution in [3.05, 3.63) is 106 Å². The van der Waals surface area contributed by atoms with E-state index in [-0.39, 0.29) is 34.9 Å². The molecular formula is C33H33BrO6S. The van der Waals surface area contributed by atoms with Gasteiger partial charge in [0.05, 0.1) is 22.3 Å². The maximum absolute atomic E-state index is 13.1. The highest BCUT2D eigenvalue weighted by atomic mass is 79.9. The third-order valence-corrected chi connectivity index (χ3v) is 11.3. The quantitative estimate of drug-likeness (QED) is 0.190. The van der Waals surface area contributed by atoms with Gasteiger partial charge in [-0.1, -0.05) is 72.8 Å². The van der Waals surface area contributed by atoms with Gasteiger partial charge in [-0.15, -0.1) is 0 Å². The molecule has 0 aromatic heterocycles. The first kappa shape index (κ1) is 28.3. The van der Waals surface area contributed by atoms with E-state index in [2.05, 4.69) is 40.2 Å². The molecule has 3 fully saturated rings. The standard InChI is InChI=1S/C33H33BrO6S/c1-2-38-32(35)27(25-13-16-29(28(34)20-25)41(36,37)26-14-15-26)19-22-17-18-33(21-22)39-30(23-9-5-3-6-10-23)31(40-33)24-11-7-4-8-12-24/h3-13,16,19-20,22,26,30-31H,2,14-15,17-18,21H2,1H3/b27-19+/t22-,30-,31-/m0/s1. The molecule has 0 radical (unpaired) electrons. The van der Waals surface area contributed by atoms with Gasteiger partial charge in [-0.05, 0) is 76.9 Å². The van der Waals surface area contributed by atoms with Crippen LogP contribution in [-0.4, -0.2) is 32.0 Å². The summed E-state index contributed by atoms with van der Waals surface area (Å²) in [5.74, 6) is -1.20. The molecule has 41 heavy (non-hydrogen) atoms. The SMILES string of the molecule is CCOC(=O)/C(=C/[C@@H]1CCC2(C1)O[C@@H](c1ccccc1)[C@H](c1ccccc1)O2)c1ccc(S(=O)(=O)C2CC2)c(Br)c1. The lowest BCUT2D eigenvalue weighted by atomic mass is 9.98. The van der Waals surface area contributed by atoms with Gasteiger partial charge in [0.25, 0.3) is 0 Å². The van der Waals surface area contributed by atoms with E-state index in [1.54, 1.807) is 25.1 Å². The molecular weight excluding hydrogens is 604 g/mol. The third-order valence-electron chi connectivity index (χ3n) is 8.09. The Morgan fingerprint density at radius 2 is 1.56 bits per heavy atom. The summed E-state index contributed by atoms with van der Waals surface area (Å²) in [6, 6.07) is 25.3. The maximum atomic E-state index is 13.1. The Kier molecular flexibility index (Phi) is 7.94. The largest absolute Gasteiger partial charge is 0.462 e. The molecule has 1 spiro atoms. The molecule has 1 heterocycles. The van der Waals surface area contributed by atoms with Crippen LogP contribution in [0.15, 0.2) is 94.3 Å². The summed E-state index contributed by atoms with van der Waals surface area (Å²) >= 11 is 3.46. The lowest BCUT2D eigenvalue weighted by Gasteiger charge is -2.23. The summed E-state index contributed by atoms with van der Waals surface area (Å²) in [5.41, 5.74) is 3.16. The van der Waals surface area contributed by atoms with Gasteiger partial charge in [0.2, 0.25) is 0 Å². The van der Waals surface area contributed by atoms with E-state index in [4.69, 9.17) is 14.2 Å². The molecule has 2 saturated carbocycles. The lowest BCUT2D eigenvalue weighted by Crippen LogP contribution is -2.26. The fourth-order valence-corrected chi connectivity index (χ4v) is 8.69. The number of ether oxygens (including phenoxy) is 3. The van der Waals surface area contributed by atoms with Crippen molar-refractivity contribution in [1.29, 1.82) is 0 Å². The van der Waals surface area contributed by atoms with Crippen LogP contribution in [0.4, 0.5) is 0 Å². The van der Waals surface area contributed by atoms with Crippen LogP contribution in [0.3, 0.4) is 0 Å². The lowest BCUT2D eigenvalue weighted by molar-refractivity contribution is -0.172. The van der Waals surface area contributed by atoms with Crippen LogP contribution in [0.1, 0.15) is 67.9 Å². The zero-order valence-corrected chi connectivity index (χ0v) is 25.3. The van der Waals surface area contributed by atoms with E-state index < -0.39 is 21.6 Å². The van der Waals surface area contributed by atoms with Gasteiger partial charge in [-0.2, -0.15) is 0 Å². The number of hydrogen-bond donors (Lipinski definition) is 0. The number of carbonyl (C=O) groups excluding carboxylic acids is 1. The molecule has 8 heteroatoms. The van der Waals surface area contributed by atoms with Crippen LogP contribution in [0, 0.1) is 5.92 Å². The predicted molar refractivity (Wildman–Crippen MR) is 160 cm³/mol. The molecule has 1 aliphatic heterocycles. The molecule has 6 rings (SSSR count). The van der Waals surface area contributed by atoms with Gasteiger partial charge in [-0.3, -0.25) is 0 Å². The zero-order valence-electron chi connectivity index (χ0n) is 22.9. The predicted octanol–water partition coefficient (Wildman–Crippen LogP) is 7.36. The van der Waals surface area contributed by atoms with Crippen molar-refractivity contribution in [2.45, 2.75) is 67.2 Å². The molecule has 6 nitrogen and oxygen atoms in total. The number of esters is 1. The summed E-state index contributed by atoms with van der Waals surface area (Å²) in [5, 5.41) is -0.315. The van der Waals surface area contributed by atoms with E-state index in [1.165, 1.54) is 0 Å². The van der Waals surface area contributed by atoms with Crippen LogP contribution in [-0.2, 0) is 28.8 Å². The first-order chi connectivity index (χ1) is 19.8. The van der Waals surface area contributed by atoms with Gasteiger partial charge < -0.3 is 14.2 Å². The Morgan fingerprint density at radius 3 is 2.10 bits per heavy atom. The zero-order chi connectivity index (χ0) is 28.6. The monoisotopic (exact) mass is 636 g/mol. The van der Waals surface area contributed by atoms with Gasteiger partial charge >= 0.3 is 5.97 Å². The number of hydrogen-bond acceptors (Lipinski definition) is 6. The molecule has 2 aliphatic carbocycles. The van der Waals surface area contributed by atoms with Gasteiger partial charge in [0.15, 0.2) is 15.6 Å². The molecule has 1 saturated heterocycles. The Balaban J connectivity index is 1.29. The summed E-state index contributed by atoms with van der Waals surface area (Å²) in [6.07, 6.45) is 4.90. The second kappa shape index (κ2) is 11.5. The molecule has 3 aromatic rings. The second-order valence-corrected chi connectivity index (χ2v) is 14.1. The van der Waals surface area contributed by atoms with E-state index in [1.807, 2.05) is 42.5 Å². The highest BCUT2D eigenvalue weighted by molar-refractivity contribution is 9.10. The summed E-state index contributed by atoms with van der Waals surface area (Å²) in [4.78, 5) is 13.4. The number of allylic oxidation sites excluding steroid dienone is 1. The van der Waals surface area contributed by atoms with Crippen LogP contribution in [0.5, 0.6) is 0 Å². The summed E-state index contributed by atoms with van der Waals surface area (Å²) in [6.45, 7) is 2.01. The fraction of sp³-hybridized carbons (Fsp3) is 0.364. The van der Waals surface area contributed by atoms with Crippen molar-refractivity contribution in [2.75, 3.05) is 6.61 Å².